The molecule has 0 radical (unpaired) electrons. The summed E-state index contributed by atoms with van der Waals surface area (Å²) in [5, 5.41) is 0. The van der Waals surface area contributed by atoms with E-state index in [0.717, 1.165) is 16.6 Å². The minimum absolute atomic E-state index is 0.305. The molecule has 1 aliphatic rings. The van der Waals surface area contributed by atoms with Gasteiger partial charge in [0.1, 0.15) is 0 Å². The van der Waals surface area contributed by atoms with Crippen LogP contribution in [-0.2, 0) is 9.31 Å². The SMILES string of the molecule is C=C(/C=C(\C)B1OC(C)(C)C(C)(C)O1)c1ccccc1. The zero-order valence-electron chi connectivity index (χ0n) is 13.1. The van der Waals surface area contributed by atoms with Crippen LogP contribution >= 0.6 is 0 Å². The molecule has 0 spiro atoms. The Kier molecular flexibility index (Phi) is 3.94. The molecule has 0 aromatic heterocycles. The van der Waals surface area contributed by atoms with E-state index < -0.39 is 0 Å². The molecule has 0 saturated carbocycles. The first-order valence-electron chi connectivity index (χ1n) is 7.01. The largest absolute Gasteiger partial charge is 0.490 e. The lowest BCUT2D eigenvalue weighted by Crippen LogP contribution is -2.41. The highest BCUT2D eigenvalue weighted by atomic mass is 16.7. The van der Waals surface area contributed by atoms with Crippen LogP contribution in [-0.4, -0.2) is 18.3 Å². The van der Waals surface area contributed by atoms with Crippen molar-refractivity contribution in [2.45, 2.75) is 45.8 Å². The molecular formula is C17H23BO2. The van der Waals surface area contributed by atoms with Gasteiger partial charge in [-0.25, -0.2) is 0 Å². The van der Waals surface area contributed by atoms with E-state index in [1.54, 1.807) is 0 Å². The zero-order chi connectivity index (χ0) is 15.0. The molecule has 1 heterocycles. The molecule has 1 aliphatic heterocycles. The maximum atomic E-state index is 6.03. The molecule has 1 aromatic rings. The van der Waals surface area contributed by atoms with Crippen molar-refractivity contribution in [3.8, 4) is 0 Å². The van der Waals surface area contributed by atoms with Gasteiger partial charge in [-0.05, 0) is 51.2 Å². The molecule has 20 heavy (non-hydrogen) atoms. The van der Waals surface area contributed by atoms with Gasteiger partial charge in [-0.15, -0.1) is 0 Å². The molecule has 1 saturated heterocycles. The lowest BCUT2D eigenvalue weighted by atomic mass is 9.78. The Morgan fingerprint density at radius 2 is 1.55 bits per heavy atom. The van der Waals surface area contributed by atoms with Crippen molar-refractivity contribution in [2.24, 2.45) is 0 Å². The molecule has 0 N–H and O–H groups in total. The second kappa shape index (κ2) is 5.23. The minimum atomic E-state index is -0.305. The van der Waals surface area contributed by atoms with Crippen LogP contribution in [0.25, 0.3) is 5.57 Å². The topological polar surface area (TPSA) is 18.5 Å². The van der Waals surface area contributed by atoms with E-state index in [-0.39, 0.29) is 18.3 Å². The fourth-order valence-electron chi connectivity index (χ4n) is 2.11. The number of hydrogen-bond acceptors (Lipinski definition) is 2. The van der Waals surface area contributed by atoms with Gasteiger partial charge in [0.05, 0.1) is 11.2 Å². The molecule has 2 nitrogen and oxygen atoms in total. The predicted octanol–water partition coefficient (Wildman–Crippen LogP) is 4.28. The van der Waals surface area contributed by atoms with Crippen molar-refractivity contribution in [2.75, 3.05) is 0 Å². The Morgan fingerprint density at radius 3 is 2.05 bits per heavy atom. The average molecular weight is 270 g/mol. The van der Waals surface area contributed by atoms with Crippen molar-refractivity contribution in [3.63, 3.8) is 0 Å². The summed E-state index contributed by atoms with van der Waals surface area (Å²) in [6.45, 7) is 14.4. The van der Waals surface area contributed by atoms with Crippen LogP contribution in [0.5, 0.6) is 0 Å². The molecule has 1 fully saturated rings. The van der Waals surface area contributed by atoms with E-state index in [0.29, 0.717) is 0 Å². The van der Waals surface area contributed by atoms with Gasteiger partial charge in [0.2, 0.25) is 0 Å². The van der Waals surface area contributed by atoms with Gasteiger partial charge in [0.15, 0.2) is 0 Å². The lowest BCUT2D eigenvalue weighted by molar-refractivity contribution is 0.00578. The summed E-state index contributed by atoms with van der Waals surface area (Å²) in [6, 6.07) is 10.1. The second-order valence-electron chi connectivity index (χ2n) is 6.37. The van der Waals surface area contributed by atoms with E-state index in [9.17, 15) is 0 Å². The predicted molar refractivity (Wildman–Crippen MR) is 85.3 cm³/mol. The van der Waals surface area contributed by atoms with Gasteiger partial charge in [0.25, 0.3) is 0 Å². The van der Waals surface area contributed by atoms with E-state index in [1.807, 2.05) is 31.2 Å². The van der Waals surface area contributed by atoms with Crippen LogP contribution in [0.4, 0.5) is 0 Å². The Balaban J connectivity index is 2.15. The molecule has 1 aromatic carbocycles. The lowest BCUT2D eigenvalue weighted by Gasteiger charge is -2.32. The van der Waals surface area contributed by atoms with Crippen LogP contribution in [0.3, 0.4) is 0 Å². The Morgan fingerprint density at radius 1 is 1.05 bits per heavy atom. The second-order valence-corrected chi connectivity index (χ2v) is 6.37. The molecule has 0 unspecified atom stereocenters. The highest BCUT2D eigenvalue weighted by Crippen LogP contribution is 2.38. The molecule has 0 bridgehead atoms. The number of benzene rings is 1. The van der Waals surface area contributed by atoms with E-state index in [1.165, 1.54) is 0 Å². The van der Waals surface area contributed by atoms with Crippen LogP contribution in [0.1, 0.15) is 40.2 Å². The van der Waals surface area contributed by atoms with Crippen molar-refractivity contribution in [3.05, 3.63) is 54.0 Å². The standard InChI is InChI=1S/C17H23BO2/c1-13(15-10-8-7-9-11-15)12-14(2)18-19-16(3,4)17(5,6)20-18/h7-12H,1H2,2-6H3/b14-12+. The van der Waals surface area contributed by atoms with Gasteiger partial charge in [0, 0.05) is 0 Å². The molecule has 0 amide bonds. The number of hydrogen-bond donors (Lipinski definition) is 0. The normalized spacial score (nSPS) is 21.1. The van der Waals surface area contributed by atoms with Crippen molar-refractivity contribution < 1.29 is 9.31 Å². The summed E-state index contributed by atoms with van der Waals surface area (Å²) in [5.41, 5.74) is 2.51. The third-order valence-corrected chi connectivity index (χ3v) is 4.17. The molecule has 3 heteroatoms. The summed E-state index contributed by atoms with van der Waals surface area (Å²) in [7, 11) is -0.305. The van der Waals surface area contributed by atoms with Crippen molar-refractivity contribution in [1.29, 1.82) is 0 Å². The van der Waals surface area contributed by atoms with Gasteiger partial charge in [-0.3, -0.25) is 0 Å². The van der Waals surface area contributed by atoms with Gasteiger partial charge in [-0.2, -0.15) is 0 Å². The number of allylic oxidation sites excluding steroid dienone is 3. The van der Waals surface area contributed by atoms with Crippen molar-refractivity contribution in [1.82, 2.24) is 0 Å². The first-order valence-corrected chi connectivity index (χ1v) is 7.01. The van der Waals surface area contributed by atoms with Crippen LogP contribution in [0, 0.1) is 0 Å². The molecule has 0 aliphatic carbocycles. The molecular weight excluding hydrogens is 247 g/mol. The van der Waals surface area contributed by atoms with Crippen LogP contribution < -0.4 is 0 Å². The number of rotatable bonds is 3. The first kappa shape index (κ1) is 15.1. The Labute approximate surface area is 122 Å². The summed E-state index contributed by atoms with van der Waals surface area (Å²) in [5.74, 6) is 0. The monoisotopic (exact) mass is 270 g/mol. The smallest absolute Gasteiger partial charge is 0.400 e. The summed E-state index contributed by atoms with van der Waals surface area (Å²) < 4.78 is 12.1. The third kappa shape index (κ3) is 2.89. The third-order valence-electron chi connectivity index (χ3n) is 4.17. The maximum absolute atomic E-state index is 6.03. The molecule has 0 atom stereocenters. The fraction of sp³-hybridized carbons (Fsp3) is 0.412. The van der Waals surface area contributed by atoms with E-state index in [4.69, 9.17) is 9.31 Å². The first-order chi connectivity index (χ1) is 9.23. The van der Waals surface area contributed by atoms with Gasteiger partial charge < -0.3 is 9.31 Å². The fourth-order valence-corrected chi connectivity index (χ4v) is 2.11. The van der Waals surface area contributed by atoms with Gasteiger partial charge in [-0.1, -0.05) is 43.0 Å². The average Bonchev–Trinajstić information content (AvgIpc) is 2.59. The van der Waals surface area contributed by atoms with Crippen molar-refractivity contribution >= 4 is 12.7 Å². The van der Waals surface area contributed by atoms with E-state index in [2.05, 4.69) is 46.4 Å². The minimum Gasteiger partial charge on any atom is -0.400 e. The Bertz CT molecular complexity index is 513. The summed E-state index contributed by atoms with van der Waals surface area (Å²) in [6.07, 6.45) is 2.04. The molecule has 2 rings (SSSR count). The zero-order valence-corrected chi connectivity index (χ0v) is 13.1. The summed E-state index contributed by atoms with van der Waals surface area (Å²) >= 11 is 0. The highest BCUT2D eigenvalue weighted by molar-refractivity contribution is 6.54. The summed E-state index contributed by atoms with van der Waals surface area (Å²) in [4.78, 5) is 0. The van der Waals surface area contributed by atoms with Crippen LogP contribution in [0.2, 0.25) is 0 Å². The van der Waals surface area contributed by atoms with Crippen LogP contribution in [0.15, 0.2) is 48.5 Å². The van der Waals surface area contributed by atoms with Gasteiger partial charge >= 0.3 is 7.12 Å². The highest BCUT2D eigenvalue weighted by Gasteiger charge is 2.51. The quantitative estimate of drug-likeness (QED) is 0.603. The Hall–Kier alpha value is -1.32. The molecule has 106 valence electrons. The maximum Gasteiger partial charge on any atom is 0.490 e. The van der Waals surface area contributed by atoms with E-state index >= 15 is 0 Å².